The molecule has 1 aliphatic heterocycles. The van der Waals surface area contributed by atoms with Gasteiger partial charge >= 0.3 is 0 Å². The first-order valence-electron chi connectivity index (χ1n) is 16.8. The van der Waals surface area contributed by atoms with Gasteiger partial charge in [-0.15, -0.1) is 0 Å². The Morgan fingerprint density at radius 3 is 1.43 bits per heavy atom. The van der Waals surface area contributed by atoms with Crippen LogP contribution in [0.3, 0.4) is 0 Å². The fourth-order valence-electron chi connectivity index (χ4n) is 5.92. The van der Waals surface area contributed by atoms with E-state index in [-0.39, 0.29) is 0 Å². The number of nitrogens with one attached hydrogen (secondary N) is 1. The molecular weight excluding hydrogens is 614 g/mol. The van der Waals surface area contributed by atoms with Crippen molar-refractivity contribution in [2.45, 2.75) is 63.6 Å². The maximum absolute atomic E-state index is 6.88. The van der Waals surface area contributed by atoms with Crippen molar-refractivity contribution in [3.63, 3.8) is 0 Å². The normalized spacial score (nSPS) is 20.6. The first-order chi connectivity index (χ1) is 24.2. The van der Waals surface area contributed by atoms with Gasteiger partial charge in [-0.25, -0.2) is 0 Å². The minimum Gasteiger partial charge on any atom is -0.497 e. The summed E-state index contributed by atoms with van der Waals surface area (Å²) in [5.74, 6) is 0.810. The molecule has 0 radical (unpaired) electrons. The lowest BCUT2D eigenvalue weighted by atomic mass is 9.96. The summed E-state index contributed by atoms with van der Waals surface area (Å²) in [6, 6.07) is 48.7. The maximum atomic E-state index is 6.88. The molecule has 7 heteroatoms. The average molecular weight is 660 g/mol. The highest BCUT2D eigenvalue weighted by molar-refractivity contribution is 5.27. The van der Waals surface area contributed by atoms with Gasteiger partial charge in [0.25, 0.3) is 0 Å². The van der Waals surface area contributed by atoms with Crippen molar-refractivity contribution in [1.82, 2.24) is 5.32 Å². The lowest BCUT2D eigenvalue weighted by Crippen LogP contribution is -2.64. The second-order valence-corrected chi connectivity index (χ2v) is 12.1. The molecule has 5 aromatic rings. The average Bonchev–Trinajstić information content (AvgIpc) is 3.17. The predicted molar refractivity (Wildman–Crippen MR) is 190 cm³/mol. The van der Waals surface area contributed by atoms with Gasteiger partial charge in [0.05, 0.1) is 40.1 Å². The van der Waals surface area contributed by atoms with Crippen LogP contribution in [0.4, 0.5) is 0 Å². The Balaban J connectivity index is 1.29. The summed E-state index contributed by atoms with van der Waals surface area (Å²) in [4.78, 5) is 0. The maximum Gasteiger partial charge on any atom is 0.138 e. The zero-order chi connectivity index (χ0) is 33.5. The molecule has 1 unspecified atom stereocenters. The standard InChI is InChI=1S/C42H45NO6/c1-44-37-24-22-32(23-25-37)26-43-42-41(48-30-36-20-12-5-13-21-36)40(47-29-35-18-10-4-11-19-35)39(46-28-34-16-8-3-9-17-34)38(49-42)31-45-27-33-14-6-2-7-15-33/h2-25,38-43H,26-31H2,1H3/t38-,39-,40+,41-,42?/m1/s1. The summed E-state index contributed by atoms with van der Waals surface area (Å²) in [5.41, 5.74) is 5.38. The molecule has 254 valence electrons. The third-order valence-corrected chi connectivity index (χ3v) is 8.55. The monoisotopic (exact) mass is 659 g/mol. The van der Waals surface area contributed by atoms with Gasteiger partial charge in [-0.05, 0) is 39.9 Å². The second kappa shape index (κ2) is 18.4. The van der Waals surface area contributed by atoms with E-state index in [1.165, 1.54) is 0 Å². The number of methoxy groups -OCH3 is 1. The van der Waals surface area contributed by atoms with Crippen molar-refractivity contribution >= 4 is 0 Å². The molecule has 5 aromatic carbocycles. The predicted octanol–water partition coefficient (Wildman–Crippen LogP) is 7.48. The zero-order valence-corrected chi connectivity index (χ0v) is 27.9. The van der Waals surface area contributed by atoms with Crippen molar-refractivity contribution in [2.24, 2.45) is 0 Å². The molecule has 7 nitrogen and oxygen atoms in total. The highest BCUT2D eigenvalue weighted by Gasteiger charge is 2.48. The summed E-state index contributed by atoms with van der Waals surface area (Å²) < 4.78 is 38.9. The van der Waals surface area contributed by atoms with Crippen molar-refractivity contribution in [2.75, 3.05) is 13.7 Å². The van der Waals surface area contributed by atoms with Crippen LogP contribution in [0.2, 0.25) is 0 Å². The summed E-state index contributed by atoms with van der Waals surface area (Å²) in [7, 11) is 1.67. The molecule has 0 saturated carbocycles. The van der Waals surface area contributed by atoms with E-state index >= 15 is 0 Å². The summed E-state index contributed by atoms with van der Waals surface area (Å²) in [5, 5.41) is 3.64. The van der Waals surface area contributed by atoms with E-state index in [1.807, 2.05) is 97.1 Å². The Morgan fingerprint density at radius 2 is 0.939 bits per heavy atom. The molecule has 0 bridgehead atoms. The molecule has 1 aliphatic rings. The molecule has 49 heavy (non-hydrogen) atoms. The molecular formula is C42H45NO6. The quantitative estimate of drug-likeness (QED) is 0.111. The fourth-order valence-corrected chi connectivity index (χ4v) is 5.92. The number of hydrogen-bond acceptors (Lipinski definition) is 7. The Labute approximate surface area is 289 Å². The number of benzene rings is 5. The van der Waals surface area contributed by atoms with E-state index in [4.69, 9.17) is 28.4 Å². The van der Waals surface area contributed by atoms with Crippen LogP contribution >= 0.6 is 0 Å². The Bertz CT molecular complexity index is 1620. The molecule has 0 aliphatic carbocycles. The van der Waals surface area contributed by atoms with Crippen molar-refractivity contribution in [1.29, 1.82) is 0 Å². The lowest BCUT2D eigenvalue weighted by molar-refractivity contribution is -0.278. The molecule has 0 spiro atoms. The first-order valence-corrected chi connectivity index (χ1v) is 16.8. The van der Waals surface area contributed by atoms with Crippen LogP contribution < -0.4 is 10.1 Å². The number of rotatable bonds is 17. The van der Waals surface area contributed by atoms with Crippen molar-refractivity contribution < 1.29 is 28.4 Å². The van der Waals surface area contributed by atoms with Crippen LogP contribution in [-0.4, -0.2) is 44.4 Å². The van der Waals surface area contributed by atoms with E-state index in [9.17, 15) is 0 Å². The largest absolute Gasteiger partial charge is 0.497 e. The second-order valence-electron chi connectivity index (χ2n) is 12.1. The topological polar surface area (TPSA) is 67.4 Å². The van der Waals surface area contributed by atoms with Gasteiger partial charge in [0.15, 0.2) is 0 Å². The minimum atomic E-state index is -0.520. The van der Waals surface area contributed by atoms with Gasteiger partial charge in [-0.2, -0.15) is 0 Å². The Kier molecular flexibility index (Phi) is 13.0. The third kappa shape index (κ3) is 10.3. The van der Waals surface area contributed by atoms with Gasteiger partial charge in [-0.1, -0.05) is 133 Å². The van der Waals surface area contributed by atoms with Crippen LogP contribution in [-0.2, 0) is 56.7 Å². The van der Waals surface area contributed by atoms with Gasteiger partial charge < -0.3 is 28.4 Å². The molecule has 0 amide bonds. The molecule has 6 rings (SSSR count). The van der Waals surface area contributed by atoms with Gasteiger partial charge in [-0.3, -0.25) is 5.32 Å². The van der Waals surface area contributed by atoms with E-state index in [0.29, 0.717) is 39.6 Å². The van der Waals surface area contributed by atoms with Gasteiger partial charge in [0, 0.05) is 6.54 Å². The highest BCUT2D eigenvalue weighted by Crippen LogP contribution is 2.30. The summed E-state index contributed by atoms with van der Waals surface area (Å²) in [6.45, 7) is 2.50. The molecule has 1 heterocycles. The minimum absolute atomic E-state index is 0.311. The molecule has 5 atom stereocenters. The smallest absolute Gasteiger partial charge is 0.138 e. The number of ether oxygens (including phenoxy) is 6. The fraction of sp³-hybridized carbons (Fsp3) is 0.286. The van der Waals surface area contributed by atoms with Crippen LogP contribution in [0, 0.1) is 0 Å². The summed E-state index contributed by atoms with van der Waals surface area (Å²) >= 11 is 0. The molecule has 1 fully saturated rings. The van der Waals surface area contributed by atoms with Gasteiger partial charge in [0.2, 0.25) is 0 Å². The van der Waals surface area contributed by atoms with Crippen LogP contribution in [0.15, 0.2) is 146 Å². The third-order valence-electron chi connectivity index (χ3n) is 8.55. The van der Waals surface area contributed by atoms with Gasteiger partial charge in [0.1, 0.15) is 36.4 Å². The molecule has 0 aromatic heterocycles. The first kappa shape index (κ1) is 34.5. The Morgan fingerprint density at radius 1 is 0.490 bits per heavy atom. The van der Waals surface area contributed by atoms with Crippen LogP contribution in [0.5, 0.6) is 5.75 Å². The lowest BCUT2D eigenvalue weighted by Gasteiger charge is -2.46. The summed E-state index contributed by atoms with van der Waals surface area (Å²) in [6.07, 6.45) is -2.44. The highest BCUT2D eigenvalue weighted by atomic mass is 16.6. The van der Waals surface area contributed by atoms with E-state index < -0.39 is 30.6 Å². The van der Waals surface area contributed by atoms with Crippen molar-refractivity contribution in [3.8, 4) is 5.75 Å². The van der Waals surface area contributed by atoms with E-state index in [0.717, 1.165) is 33.6 Å². The van der Waals surface area contributed by atoms with E-state index in [2.05, 4.69) is 53.8 Å². The zero-order valence-electron chi connectivity index (χ0n) is 27.9. The van der Waals surface area contributed by atoms with Crippen LogP contribution in [0.25, 0.3) is 0 Å². The molecule has 1 saturated heterocycles. The molecule has 1 N–H and O–H groups in total. The van der Waals surface area contributed by atoms with Crippen LogP contribution in [0.1, 0.15) is 27.8 Å². The van der Waals surface area contributed by atoms with E-state index in [1.54, 1.807) is 7.11 Å². The number of hydrogen-bond donors (Lipinski definition) is 1. The SMILES string of the molecule is COc1ccc(CNC2O[C@H](COCc3ccccc3)[C@@H](OCc3ccccc3)[C@H](OCc3ccccc3)[C@H]2OCc2ccccc2)cc1. The van der Waals surface area contributed by atoms with Crippen molar-refractivity contribution in [3.05, 3.63) is 173 Å². The Hall–Kier alpha value is -4.34.